The predicted molar refractivity (Wildman–Crippen MR) is 72.8 cm³/mol. The highest BCUT2D eigenvalue weighted by molar-refractivity contribution is 7.90. The molecule has 7 heteroatoms. The number of hydrogen-bond acceptors (Lipinski definition) is 3. The van der Waals surface area contributed by atoms with Crippen LogP contribution in [-0.4, -0.2) is 22.6 Å². The van der Waals surface area contributed by atoms with Gasteiger partial charge >= 0.3 is 6.18 Å². The maximum atomic E-state index is 13.2. The molecule has 0 bridgehead atoms. The Hall–Kier alpha value is -0.920. The Bertz CT molecular complexity index is 446. The van der Waals surface area contributed by atoms with Gasteiger partial charge in [0.2, 0.25) is 0 Å². The summed E-state index contributed by atoms with van der Waals surface area (Å²) in [5.41, 5.74) is -0.0832. The molecule has 114 valence electrons. The normalized spacial score (nSPS) is 15.8. The largest absolute Gasteiger partial charge is 0.598 e. The van der Waals surface area contributed by atoms with Crippen molar-refractivity contribution in [1.82, 2.24) is 4.72 Å². The van der Waals surface area contributed by atoms with E-state index in [1.807, 2.05) is 0 Å². The van der Waals surface area contributed by atoms with Gasteiger partial charge in [0.1, 0.15) is 10.5 Å². The summed E-state index contributed by atoms with van der Waals surface area (Å²) >= 11 is -1.85. The van der Waals surface area contributed by atoms with Crippen LogP contribution in [0.15, 0.2) is 24.3 Å². The average molecular weight is 309 g/mol. The van der Waals surface area contributed by atoms with E-state index >= 15 is 0 Å². The van der Waals surface area contributed by atoms with Crippen molar-refractivity contribution in [3.63, 3.8) is 0 Å². The Morgan fingerprint density at radius 2 is 1.75 bits per heavy atom. The molecule has 0 saturated carbocycles. The molecule has 0 spiro atoms. The monoisotopic (exact) mass is 309 g/mol. The van der Waals surface area contributed by atoms with E-state index in [2.05, 4.69) is 4.72 Å². The van der Waals surface area contributed by atoms with Gasteiger partial charge in [-0.2, -0.15) is 13.2 Å². The van der Waals surface area contributed by atoms with Crippen molar-refractivity contribution in [1.29, 1.82) is 0 Å². The summed E-state index contributed by atoms with van der Waals surface area (Å²) in [6, 6.07) is 3.77. The number of rotatable bonds is 4. The van der Waals surface area contributed by atoms with E-state index < -0.39 is 28.3 Å². The number of hydrogen-bond donors (Lipinski definition) is 1. The van der Waals surface area contributed by atoms with Crippen LogP contribution in [0.2, 0.25) is 0 Å². The molecule has 0 aromatic heterocycles. The van der Waals surface area contributed by atoms with Crippen LogP contribution in [-0.2, 0) is 11.4 Å². The van der Waals surface area contributed by atoms with Crippen LogP contribution in [0.5, 0.6) is 5.75 Å². The minimum absolute atomic E-state index is 0.0832. The lowest BCUT2D eigenvalue weighted by atomic mass is 10.1. The summed E-state index contributed by atoms with van der Waals surface area (Å²) in [5.74, 6) is 0.105. The summed E-state index contributed by atoms with van der Waals surface area (Å²) in [4.78, 5) is 0. The van der Waals surface area contributed by atoms with Gasteiger partial charge in [0.25, 0.3) is 0 Å². The first-order valence-corrected chi connectivity index (χ1v) is 7.10. The molecule has 3 nitrogen and oxygen atoms in total. The lowest BCUT2D eigenvalue weighted by Gasteiger charge is -2.29. The molecule has 0 fully saturated rings. The smallest absolute Gasteiger partial charge is 0.412 e. The molecule has 0 amide bonds. The Labute approximate surface area is 119 Å². The Kier molecular flexibility index (Phi) is 5.34. The van der Waals surface area contributed by atoms with Crippen molar-refractivity contribution in [2.45, 2.75) is 37.7 Å². The first-order valence-electron chi connectivity index (χ1n) is 5.95. The zero-order valence-corrected chi connectivity index (χ0v) is 12.6. The molecule has 0 radical (unpaired) electrons. The molecule has 0 aliphatic rings. The third-order valence-electron chi connectivity index (χ3n) is 2.56. The van der Waals surface area contributed by atoms with Gasteiger partial charge in [0.05, 0.1) is 7.11 Å². The molecule has 1 rings (SSSR count). The molecule has 2 atom stereocenters. The average Bonchev–Trinajstić information content (AvgIpc) is 2.33. The number of methoxy groups -OCH3 is 1. The van der Waals surface area contributed by atoms with E-state index in [-0.39, 0.29) is 11.3 Å². The molecule has 1 N–H and O–H groups in total. The molecule has 1 unspecified atom stereocenters. The number of nitrogens with one attached hydrogen (secondary N) is 1. The van der Waals surface area contributed by atoms with Gasteiger partial charge in [0, 0.05) is 16.9 Å². The summed E-state index contributed by atoms with van der Waals surface area (Å²) in [6.07, 6.45) is -4.57. The number of para-hydroxylation sites is 1. The van der Waals surface area contributed by atoms with Crippen molar-refractivity contribution in [2.24, 2.45) is 0 Å². The van der Waals surface area contributed by atoms with Gasteiger partial charge in [-0.1, -0.05) is 18.2 Å². The molecular formula is C13H18F3NO2S. The van der Waals surface area contributed by atoms with E-state index in [1.165, 1.54) is 25.3 Å². The first kappa shape index (κ1) is 17.1. The molecule has 0 aliphatic carbocycles. The number of alkyl halides is 3. The van der Waals surface area contributed by atoms with E-state index in [4.69, 9.17) is 4.74 Å². The zero-order valence-electron chi connectivity index (χ0n) is 11.7. The fourth-order valence-electron chi connectivity index (χ4n) is 1.50. The van der Waals surface area contributed by atoms with Gasteiger partial charge in [-0.25, -0.2) is 0 Å². The lowest BCUT2D eigenvalue weighted by molar-refractivity contribution is -0.153. The first-order chi connectivity index (χ1) is 9.07. The molecule has 1 aromatic carbocycles. The summed E-state index contributed by atoms with van der Waals surface area (Å²) < 4.78 is 57.9. The minimum Gasteiger partial charge on any atom is -0.598 e. The van der Waals surface area contributed by atoms with Crippen LogP contribution < -0.4 is 9.46 Å². The second-order valence-corrected chi connectivity index (χ2v) is 7.21. The Morgan fingerprint density at radius 1 is 1.20 bits per heavy atom. The third kappa shape index (κ3) is 4.29. The van der Waals surface area contributed by atoms with Crippen molar-refractivity contribution in [2.75, 3.05) is 7.11 Å². The van der Waals surface area contributed by atoms with E-state index in [9.17, 15) is 17.7 Å². The maximum absolute atomic E-state index is 13.2. The van der Waals surface area contributed by atoms with E-state index in [1.54, 1.807) is 26.8 Å². The lowest BCUT2D eigenvalue weighted by Crippen LogP contribution is -2.45. The van der Waals surface area contributed by atoms with Crippen molar-refractivity contribution in [3.8, 4) is 5.75 Å². The second kappa shape index (κ2) is 6.24. The van der Waals surface area contributed by atoms with Gasteiger partial charge in [-0.15, -0.1) is 4.72 Å². The molecule has 0 heterocycles. The molecule has 20 heavy (non-hydrogen) atoms. The highest BCUT2D eigenvalue weighted by Gasteiger charge is 2.46. The van der Waals surface area contributed by atoms with Crippen LogP contribution >= 0.6 is 0 Å². The number of halogens is 3. The van der Waals surface area contributed by atoms with Crippen molar-refractivity contribution < 1.29 is 22.5 Å². The van der Waals surface area contributed by atoms with Crippen LogP contribution in [0.1, 0.15) is 32.4 Å². The molecule has 0 saturated heterocycles. The van der Waals surface area contributed by atoms with Crippen LogP contribution in [0.25, 0.3) is 0 Å². The molecular weight excluding hydrogens is 291 g/mol. The topological polar surface area (TPSA) is 44.3 Å². The Morgan fingerprint density at radius 3 is 2.20 bits per heavy atom. The van der Waals surface area contributed by atoms with Crippen LogP contribution in [0, 0.1) is 0 Å². The zero-order chi connectivity index (χ0) is 15.6. The summed E-state index contributed by atoms with van der Waals surface area (Å²) in [5, 5.41) is 0. The highest BCUT2D eigenvalue weighted by Crippen LogP contribution is 2.38. The van der Waals surface area contributed by atoms with Crippen LogP contribution in [0.3, 0.4) is 0 Å². The maximum Gasteiger partial charge on any atom is 0.412 e. The van der Waals surface area contributed by atoms with Crippen molar-refractivity contribution >= 4 is 11.4 Å². The van der Waals surface area contributed by atoms with Crippen LogP contribution in [0.4, 0.5) is 13.2 Å². The fraction of sp³-hybridized carbons (Fsp3) is 0.538. The summed E-state index contributed by atoms with van der Waals surface area (Å²) in [6.45, 7) is 4.81. The van der Waals surface area contributed by atoms with E-state index in [0.717, 1.165) is 0 Å². The van der Waals surface area contributed by atoms with Gasteiger partial charge in [-0.05, 0) is 26.8 Å². The quantitative estimate of drug-likeness (QED) is 0.868. The second-order valence-electron chi connectivity index (χ2n) is 5.22. The van der Waals surface area contributed by atoms with Gasteiger partial charge < -0.3 is 9.29 Å². The number of ether oxygens (including phenoxy) is 1. The predicted octanol–water partition coefficient (Wildman–Crippen LogP) is 3.35. The van der Waals surface area contributed by atoms with Gasteiger partial charge in [0.15, 0.2) is 6.04 Å². The summed E-state index contributed by atoms with van der Waals surface area (Å²) in [7, 11) is 1.30. The molecule has 0 aliphatic heterocycles. The number of benzene rings is 1. The Balaban J connectivity index is 3.14. The SMILES string of the molecule is COc1ccccc1[C@H](N[S+]([O-])C(C)(C)C)C(F)(F)F. The molecule has 1 aromatic rings. The third-order valence-corrected chi connectivity index (χ3v) is 4.12. The fourth-order valence-corrected chi connectivity index (χ4v) is 2.32. The van der Waals surface area contributed by atoms with E-state index in [0.29, 0.717) is 0 Å². The minimum atomic E-state index is -4.57. The highest BCUT2D eigenvalue weighted by atomic mass is 32.2. The standard InChI is InChI=1S/C13H18F3NO2S/c1-12(2,3)20(18)17-11(13(14,15)16)9-7-5-6-8-10(9)19-4/h5-8,11,17H,1-4H3/t11-,20?/m0/s1. The van der Waals surface area contributed by atoms with Gasteiger partial charge in [-0.3, -0.25) is 0 Å². The van der Waals surface area contributed by atoms with Crippen molar-refractivity contribution in [3.05, 3.63) is 29.8 Å².